The van der Waals surface area contributed by atoms with Crippen molar-refractivity contribution in [3.05, 3.63) is 29.8 Å². The molecule has 0 aliphatic heterocycles. The first-order valence-corrected chi connectivity index (χ1v) is 6.76. The van der Waals surface area contributed by atoms with Crippen LogP contribution in [0, 0.1) is 0 Å². The molecule has 1 N–H and O–H groups in total. The number of nitrogens with zero attached hydrogens (tertiary/aromatic N) is 1. The second-order valence-electron chi connectivity index (χ2n) is 4.50. The van der Waals surface area contributed by atoms with Crippen LogP contribution in [0.4, 0.5) is 0 Å². The first kappa shape index (κ1) is 15.5. The summed E-state index contributed by atoms with van der Waals surface area (Å²) in [7, 11) is 0. The first-order chi connectivity index (χ1) is 9.08. The zero-order chi connectivity index (χ0) is 14.3. The highest BCUT2D eigenvalue weighted by Crippen LogP contribution is 2.19. The highest BCUT2D eigenvalue weighted by Gasteiger charge is 2.13. The van der Waals surface area contributed by atoms with Gasteiger partial charge >= 0.3 is 5.97 Å². The van der Waals surface area contributed by atoms with Gasteiger partial charge in [0.05, 0.1) is 5.92 Å². The summed E-state index contributed by atoms with van der Waals surface area (Å²) in [5, 5.41) is 8.92. The van der Waals surface area contributed by atoms with Crippen molar-refractivity contribution in [2.45, 2.75) is 26.7 Å². The molecule has 0 fully saturated rings. The standard InChI is InChI=1S/C15H23NO3/c1-4-16(5-2)10-11-19-14-8-6-13(7-9-14)12(3)15(17)18/h6-9,12H,4-5,10-11H2,1-3H3,(H,17,18). The quantitative estimate of drug-likeness (QED) is 0.785. The molecule has 0 aliphatic carbocycles. The van der Waals surface area contributed by atoms with Gasteiger partial charge in [-0.25, -0.2) is 0 Å². The fourth-order valence-electron chi connectivity index (χ4n) is 1.83. The lowest BCUT2D eigenvalue weighted by Gasteiger charge is -2.18. The number of ether oxygens (including phenoxy) is 1. The minimum Gasteiger partial charge on any atom is -0.492 e. The zero-order valence-corrected chi connectivity index (χ0v) is 11.9. The Morgan fingerprint density at radius 3 is 2.32 bits per heavy atom. The van der Waals surface area contributed by atoms with Crippen LogP contribution in [0.3, 0.4) is 0 Å². The van der Waals surface area contributed by atoms with Gasteiger partial charge in [-0.1, -0.05) is 26.0 Å². The molecule has 1 aromatic carbocycles. The van der Waals surface area contributed by atoms with E-state index in [0.29, 0.717) is 6.61 Å². The number of aliphatic carboxylic acids is 1. The van der Waals surface area contributed by atoms with E-state index in [1.165, 1.54) is 0 Å². The van der Waals surface area contributed by atoms with Gasteiger partial charge in [-0.05, 0) is 37.7 Å². The van der Waals surface area contributed by atoms with Crippen molar-refractivity contribution < 1.29 is 14.6 Å². The molecule has 0 amide bonds. The molecule has 0 heterocycles. The van der Waals surface area contributed by atoms with Crippen molar-refractivity contribution in [1.82, 2.24) is 4.90 Å². The molecule has 4 heteroatoms. The Morgan fingerprint density at radius 1 is 1.26 bits per heavy atom. The lowest BCUT2D eigenvalue weighted by Crippen LogP contribution is -2.27. The maximum Gasteiger partial charge on any atom is 0.310 e. The summed E-state index contributed by atoms with van der Waals surface area (Å²) in [4.78, 5) is 13.2. The van der Waals surface area contributed by atoms with Crippen LogP contribution in [0.2, 0.25) is 0 Å². The minimum absolute atomic E-state index is 0.482. The predicted molar refractivity (Wildman–Crippen MR) is 75.8 cm³/mol. The predicted octanol–water partition coefficient (Wildman–Crippen LogP) is 2.60. The van der Waals surface area contributed by atoms with Gasteiger partial charge in [0.1, 0.15) is 12.4 Å². The number of carbonyl (C=O) groups is 1. The van der Waals surface area contributed by atoms with E-state index in [1.54, 1.807) is 6.92 Å². The smallest absolute Gasteiger partial charge is 0.310 e. The second kappa shape index (κ2) is 7.79. The molecule has 0 aromatic heterocycles. The Hall–Kier alpha value is -1.55. The molecule has 0 saturated heterocycles. The molecule has 0 spiro atoms. The highest BCUT2D eigenvalue weighted by molar-refractivity contribution is 5.75. The maximum atomic E-state index is 10.9. The van der Waals surface area contributed by atoms with Gasteiger partial charge in [0.2, 0.25) is 0 Å². The molecule has 0 saturated carbocycles. The summed E-state index contributed by atoms with van der Waals surface area (Å²) >= 11 is 0. The van der Waals surface area contributed by atoms with Crippen molar-refractivity contribution in [2.24, 2.45) is 0 Å². The van der Waals surface area contributed by atoms with Gasteiger partial charge in [0, 0.05) is 6.54 Å². The fourth-order valence-corrected chi connectivity index (χ4v) is 1.83. The van der Waals surface area contributed by atoms with Crippen LogP contribution in [0.15, 0.2) is 24.3 Å². The normalized spacial score (nSPS) is 12.4. The Labute approximate surface area is 115 Å². The van der Waals surface area contributed by atoms with E-state index in [2.05, 4.69) is 18.7 Å². The molecule has 1 atom stereocenters. The average molecular weight is 265 g/mol. The molecular formula is C15H23NO3. The average Bonchev–Trinajstić information content (AvgIpc) is 2.43. The van der Waals surface area contributed by atoms with Crippen LogP contribution >= 0.6 is 0 Å². The van der Waals surface area contributed by atoms with Crippen LogP contribution in [0.1, 0.15) is 32.3 Å². The van der Waals surface area contributed by atoms with Crippen LogP contribution in [0.5, 0.6) is 5.75 Å². The summed E-state index contributed by atoms with van der Waals surface area (Å²) in [6, 6.07) is 7.28. The van der Waals surface area contributed by atoms with E-state index in [0.717, 1.165) is 30.9 Å². The van der Waals surface area contributed by atoms with Crippen molar-refractivity contribution in [2.75, 3.05) is 26.2 Å². The number of hydrogen-bond acceptors (Lipinski definition) is 3. The summed E-state index contributed by atoms with van der Waals surface area (Å²) < 4.78 is 5.65. The fraction of sp³-hybridized carbons (Fsp3) is 0.533. The van der Waals surface area contributed by atoms with Gasteiger partial charge in [-0.3, -0.25) is 4.79 Å². The Bertz CT molecular complexity index is 385. The molecule has 1 rings (SSSR count). The van der Waals surface area contributed by atoms with E-state index in [1.807, 2.05) is 24.3 Å². The molecule has 19 heavy (non-hydrogen) atoms. The van der Waals surface area contributed by atoms with Crippen LogP contribution < -0.4 is 4.74 Å². The lowest BCUT2D eigenvalue weighted by molar-refractivity contribution is -0.138. The molecule has 106 valence electrons. The molecule has 0 bridgehead atoms. The van der Waals surface area contributed by atoms with Crippen LogP contribution in [-0.2, 0) is 4.79 Å². The Morgan fingerprint density at radius 2 is 1.84 bits per heavy atom. The summed E-state index contributed by atoms with van der Waals surface area (Å²) in [6.07, 6.45) is 0. The number of carboxylic acids is 1. The Kier molecular flexibility index (Phi) is 6.36. The van der Waals surface area contributed by atoms with Crippen LogP contribution in [-0.4, -0.2) is 42.2 Å². The highest BCUT2D eigenvalue weighted by atomic mass is 16.5. The number of rotatable bonds is 8. The third-order valence-electron chi connectivity index (χ3n) is 3.32. The largest absolute Gasteiger partial charge is 0.492 e. The van der Waals surface area contributed by atoms with E-state index < -0.39 is 11.9 Å². The van der Waals surface area contributed by atoms with Crippen molar-refractivity contribution in [1.29, 1.82) is 0 Å². The molecule has 0 aliphatic rings. The van der Waals surface area contributed by atoms with Crippen molar-refractivity contribution >= 4 is 5.97 Å². The van der Waals surface area contributed by atoms with E-state index in [-0.39, 0.29) is 0 Å². The lowest BCUT2D eigenvalue weighted by atomic mass is 10.0. The van der Waals surface area contributed by atoms with E-state index in [4.69, 9.17) is 9.84 Å². The number of benzene rings is 1. The van der Waals surface area contributed by atoms with Crippen molar-refractivity contribution in [3.8, 4) is 5.75 Å². The third kappa shape index (κ3) is 4.91. The Balaban J connectivity index is 2.46. The van der Waals surface area contributed by atoms with Crippen LogP contribution in [0.25, 0.3) is 0 Å². The molecule has 4 nitrogen and oxygen atoms in total. The van der Waals surface area contributed by atoms with Gasteiger partial charge in [-0.2, -0.15) is 0 Å². The van der Waals surface area contributed by atoms with Gasteiger partial charge in [-0.15, -0.1) is 0 Å². The van der Waals surface area contributed by atoms with Gasteiger partial charge in [0.25, 0.3) is 0 Å². The van der Waals surface area contributed by atoms with E-state index >= 15 is 0 Å². The van der Waals surface area contributed by atoms with E-state index in [9.17, 15) is 4.79 Å². The summed E-state index contributed by atoms with van der Waals surface area (Å²) in [6.45, 7) is 9.54. The number of hydrogen-bond donors (Lipinski definition) is 1. The summed E-state index contributed by atoms with van der Waals surface area (Å²) in [5.74, 6) is -0.506. The maximum absolute atomic E-state index is 10.9. The number of carboxylic acid groups (broad SMARTS) is 1. The third-order valence-corrected chi connectivity index (χ3v) is 3.32. The first-order valence-electron chi connectivity index (χ1n) is 6.76. The van der Waals surface area contributed by atoms with Crippen molar-refractivity contribution in [3.63, 3.8) is 0 Å². The molecule has 1 aromatic rings. The van der Waals surface area contributed by atoms with Gasteiger partial charge < -0.3 is 14.7 Å². The molecule has 0 radical (unpaired) electrons. The SMILES string of the molecule is CCN(CC)CCOc1ccc(C(C)C(=O)O)cc1. The minimum atomic E-state index is -0.810. The topological polar surface area (TPSA) is 49.8 Å². The zero-order valence-electron chi connectivity index (χ0n) is 11.9. The summed E-state index contributed by atoms with van der Waals surface area (Å²) in [5.41, 5.74) is 0.795. The monoisotopic (exact) mass is 265 g/mol. The van der Waals surface area contributed by atoms with Gasteiger partial charge in [0.15, 0.2) is 0 Å². The second-order valence-corrected chi connectivity index (χ2v) is 4.50. The molecular weight excluding hydrogens is 242 g/mol. The molecule has 1 unspecified atom stereocenters. The number of likely N-dealkylation sites (N-methyl/N-ethyl adjacent to an activating group) is 1.